The van der Waals surface area contributed by atoms with Gasteiger partial charge in [-0.3, -0.25) is 24.4 Å². The maximum Gasteiger partial charge on any atom is 0.324 e. The zero-order valence-electron chi connectivity index (χ0n) is 37.8. The summed E-state index contributed by atoms with van der Waals surface area (Å²) in [7, 11) is 3.35. The van der Waals surface area contributed by atoms with Crippen LogP contribution in [0.1, 0.15) is 76.8 Å². The van der Waals surface area contributed by atoms with E-state index in [2.05, 4.69) is 60.3 Å². The quantitative estimate of drug-likeness (QED) is 0.206. The van der Waals surface area contributed by atoms with Crippen molar-refractivity contribution in [1.29, 1.82) is 0 Å². The molecule has 16 heteroatoms. The summed E-state index contributed by atoms with van der Waals surface area (Å²) in [5.41, 5.74) is 9.40. The average Bonchev–Trinajstić information content (AvgIpc) is 4.08. The van der Waals surface area contributed by atoms with Gasteiger partial charge in [-0.05, 0) is 68.9 Å². The zero-order chi connectivity index (χ0) is 44.7. The predicted molar refractivity (Wildman–Crippen MR) is 240 cm³/mol. The van der Waals surface area contributed by atoms with E-state index in [-0.39, 0.29) is 37.0 Å². The Morgan fingerprint density at radius 1 is 1.13 bits per heavy atom. The summed E-state index contributed by atoms with van der Waals surface area (Å²) in [6.45, 7) is 15.8. The fourth-order valence-corrected chi connectivity index (χ4v) is 10.8. The van der Waals surface area contributed by atoms with Crippen LogP contribution in [0, 0.1) is 23.2 Å². The summed E-state index contributed by atoms with van der Waals surface area (Å²) in [5.74, 6) is -0.906. The van der Waals surface area contributed by atoms with Crippen LogP contribution in [-0.2, 0) is 48.0 Å². The molecule has 2 N–H and O–H groups in total. The molecular formula is C47H62N8O7S. The van der Waals surface area contributed by atoms with Crippen LogP contribution in [-0.4, -0.2) is 125 Å². The molecule has 1 aromatic carbocycles. The molecule has 8 rings (SSSR count). The minimum Gasteiger partial charge on any atom is -0.464 e. The fraction of sp³-hybridized carbons (Fsp3) is 0.574. The van der Waals surface area contributed by atoms with Crippen molar-refractivity contribution >= 4 is 46.1 Å². The van der Waals surface area contributed by atoms with Gasteiger partial charge in [0.2, 0.25) is 5.91 Å². The number of pyridine rings is 1. The number of ether oxygens (including phenoxy) is 3. The van der Waals surface area contributed by atoms with E-state index in [9.17, 15) is 19.2 Å². The second kappa shape index (κ2) is 18.3. The third kappa shape index (κ3) is 8.96. The number of aryl methyl sites for hydroxylation is 1. The van der Waals surface area contributed by atoms with E-state index >= 15 is 0 Å². The van der Waals surface area contributed by atoms with Crippen LogP contribution in [0.25, 0.3) is 33.4 Å². The number of methoxy groups -OCH3 is 1. The maximum absolute atomic E-state index is 14.6. The Balaban J connectivity index is 1.16. The lowest BCUT2D eigenvalue weighted by atomic mass is 9.84. The highest BCUT2D eigenvalue weighted by molar-refractivity contribution is 7.10. The first-order valence-corrected chi connectivity index (χ1v) is 23.3. The van der Waals surface area contributed by atoms with Crippen molar-refractivity contribution in [3.8, 4) is 22.5 Å². The van der Waals surface area contributed by atoms with Crippen LogP contribution < -0.4 is 10.7 Å². The standard InChI is InChI=1S/C47H62N8O7S/c1-9-54-38-15-14-29-18-33(38)34(42(54)32-12-10-16-48-40(32)28(4)60-8)20-47(5,6)26-62-45(58)35-13-11-17-55(51-35)44(57)36(19-39-49-37(29)25-63-39)50-43(56)41(27(2)3)52(7)46(59)53-21-30-23-61-24-31(30)22-53/h10,12,14-16,18,25,27-28,30-31,35-36,41,51H,9,11,13,17,19-24,26H2,1-8H3,(H,50,56)/t28-,30-,31+,35-,36-,41-/m0/s1. The summed E-state index contributed by atoms with van der Waals surface area (Å²) < 4.78 is 19.9. The summed E-state index contributed by atoms with van der Waals surface area (Å²) >= 11 is 1.43. The highest BCUT2D eigenvalue weighted by Crippen LogP contribution is 2.42. The number of likely N-dealkylation sites (tertiary alicyclic amines) is 1. The molecule has 338 valence electrons. The number of likely N-dealkylation sites (N-methyl/N-ethyl adjacent to an activating group) is 1. The van der Waals surface area contributed by atoms with E-state index in [0.717, 1.165) is 44.7 Å². The number of rotatable bonds is 8. The van der Waals surface area contributed by atoms with Crippen LogP contribution in [0.3, 0.4) is 0 Å². The van der Waals surface area contributed by atoms with E-state index < -0.39 is 35.4 Å². The second-order valence-corrected chi connectivity index (χ2v) is 19.8. The molecule has 4 amide bonds. The van der Waals surface area contributed by atoms with Gasteiger partial charge in [-0.15, -0.1) is 11.3 Å². The largest absolute Gasteiger partial charge is 0.464 e. The number of nitrogens with one attached hydrogen (secondary N) is 2. The minimum atomic E-state index is -1.04. The number of hydrazine groups is 1. The number of hydrogen-bond acceptors (Lipinski definition) is 11. The molecule has 0 radical (unpaired) electrons. The Morgan fingerprint density at radius 3 is 2.60 bits per heavy atom. The van der Waals surface area contributed by atoms with Crippen LogP contribution in [0.15, 0.2) is 41.9 Å². The van der Waals surface area contributed by atoms with Gasteiger partial charge >= 0.3 is 12.0 Å². The SMILES string of the molecule is CCn1c(-c2cccnc2[C@H](C)OC)c2c3cc(ccc31)-c1csc(n1)C[C@H](NC(=O)[C@H](C(C)C)N(C)C(=O)N1C[C@H]3COC[C@H]3C1)C(=O)N1CCC[C@H](N1)C(=O)OCC(C)(C)C2. The molecule has 0 saturated carbocycles. The fourth-order valence-electron chi connectivity index (χ4n) is 9.93. The topological polar surface area (TPSA) is 160 Å². The van der Waals surface area contributed by atoms with Crippen molar-refractivity contribution in [2.45, 2.75) is 98.0 Å². The van der Waals surface area contributed by atoms with Crippen molar-refractivity contribution < 1.29 is 33.4 Å². The number of carbonyl (C=O) groups is 4. The molecule has 7 heterocycles. The lowest BCUT2D eigenvalue weighted by Crippen LogP contribution is -2.62. The molecule has 15 nitrogen and oxygen atoms in total. The third-order valence-corrected chi connectivity index (χ3v) is 14.2. The van der Waals surface area contributed by atoms with E-state index in [1.54, 1.807) is 20.4 Å². The smallest absolute Gasteiger partial charge is 0.324 e. The Morgan fingerprint density at radius 2 is 1.89 bits per heavy atom. The van der Waals surface area contributed by atoms with Crippen molar-refractivity contribution in [3.05, 3.63) is 58.2 Å². The van der Waals surface area contributed by atoms with E-state index in [0.29, 0.717) is 75.5 Å². The van der Waals surface area contributed by atoms with E-state index in [1.807, 2.05) is 37.1 Å². The molecule has 3 aromatic heterocycles. The number of thiazole rings is 1. The lowest BCUT2D eigenvalue weighted by Gasteiger charge is -2.37. The first kappa shape index (κ1) is 44.7. The molecule has 4 aliphatic heterocycles. The van der Waals surface area contributed by atoms with Gasteiger partial charge < -0.3 is 33.9 Å². The van der Waals surface area contributed by atoms with Gasteiger partial charge in [0, 0.05) is 97.6 Å². The highest BCUT2D eigenvalue weighted by Gasteiger charge is 2.43. The molecule has 3 saturated heterocycles. The summed E-state index contributed by atoms with van der Waals surface area (Å²) in [5, 5.41) is 8.23. The van der Waals surface area contributed by atoms with Gasteiger partial charge in [0.1, 0.15) is 18.1 Å². The number of aromatic nitrogens is 3. The third-order valence-electron chi connectivity index (χ3n) is 13.3. The molecular weight excluding hydrogens is 821 g/mol. The molecule has 6 atom stereocenters. The van der Waals surface area contributed by atoms with Gasteiger partial charge in [-0.25, -0.2) is 15.2 Å². The lowest BCUT2D eigenvalue weighted by molar-refractivity contribution is -0.155. The number of amides is 4. The predicted octanol–water partition coefficient (Wildman–Crippen LogP) is 5.86. The number of benzene rings is 1. The van der Waals surface area contributed by atoms with Gasteiger partial charge in [-0.2, -0.15) is 0 Å². The number of carbonyl (C=O) groups excluding carboxylic acids is 4. The average molecular weight is 883 g/mol. The van der Waals surface area contributed by atoms with Crippen LogP contribution >= 0.6 is 11.3 Å². The first-order chi connectivity index (χ1) is 30.2. The number of cyclic esters (lactones) is 1. The molecule has 4 aliphatic rings. The number of fused-ring (bicyclic) bond motifs is 7. The minimum absolute atomic E-state index is 0.111. The van der Waals surface area contributed by atoms with Crippen molar-refractivity contribution in [3.63, 3.8) is 0 Å². The van der Waals surface area contributed by atoms with E-state index in [1.165, 1.54) is 21.2 Å². The van der Waals surface area contributed by atoms with Gasteiger partial charge in [0.15, 0.2) is 0 Å². The van der Waals surface area contributed by atoms with Gasteiger partial charge in [0.25, 0.3) is 5.91 Å². The summed E-state index contributed by atoms with van der Waals surface area (Å²) in [6.07, 6.45) is 3.30. The molecule has 6 bridgehead atoms. The summed E-state index contributed by atoms with van der Waals surface area (Å²) in [4.78, 5) is 70.0. The van der Waals surface area contributed by atoms with Gasteiger partial charge in [-0.1, -0.05) is 33.8 Å². The van der Waals surface area contributed by atoms with E-state index in [4.69, 9.17) is 24.2 Å². The van der Waals surface area contributed by atoms with Crippen LogP contribution in [0.4, 0.5) is 4.79 Å². The normalized spacial score (nSPS) is 23.6. The monoisotopic (exact) mass is 882 g/mol. The number of nitrogens with zero attached hydrogens (tertiary/aromatic N) is 6. The molecule has 0 unspecified atom stereocenters. The number of urea groups is 1. The van der Waals surface area contributed by atoms with Gasteiger partial charge in [0.05, 0.1) is 48.0 Å². The number of hydrogen-bond donors (Lipinski definition) is 2. The Kier molecular flexibility index (Phi) is 13.0. The van der Waals surface area contributed by atoms with Crippen LogP contribution in [0.5, 0.6) is 0 Å². The second-order valence-electron chi connectivity index (χ2n) is 18.8. The maximum atomic E-state index is 14.6. The molecule has 4 aromatic rings. The molecule has 0 aliphatic carbocycles. The molecule has 0 spiro atoms. The van der Waals surface area contributed by atoms with Crippen molar-refractivity contribution in [1.82, 2.24) is 40.1 Å². The van der Waals surface area contributed by atoms with Crippen molar-refractivity contribution in [2.24, 2.45) is 23.2 Å². The van der Waals surface area contributed by atoms with Crippen LogP contribution in [0.2, 0.25) is 0 Å². The van der Waals surface area contributed by atoms with Crippen molar-refractivity contribution in [2.75, 3.05) is 53.6 Å². The Bertz CT molecular complexity index is 2350. The summed E-state index contributed by atoms with van der Waals surface area (Å²) in [6, 6.07) is 7.61. The first-order valence-electron chi connectivity index (χ1n) is 22.4. The zero-order valence-corrected chi connectivity index (χ0v) is 38.6. The number of esters is 1. The Labute approximate surface area is 373 Å². The highest BCUT2D eigenvalue weighted by atomic mass is 32.1. The molecule has 63 heavy (non-hydrogen) atoms. The Hall–Kier alpha value is -4.90. The molecule has 3 fully saturated rings.